The first-order valence-corrected chi connectivity index (χ1v) is 12.4. The summed E-state index contributed by atoms with van der Waals surface area (Å²) in [4.78, 5) is 0.0437. The number of methoxy groups -OCH3 is 3. The van der Waals surface area contributed by atoms with Crippen LogP contribution in [0.4, 0.5) is 0 Å². The van der Waals surface area contributed by atoms with E-state index in [-0.39, 0.29) is 28.8 Å². The minimum Gasteiger partial charge on any atom is -0.504 e. The van der Waals surface area contributed by atoms with Gasteiger partial charge in [0.05, 0.1) is 33.6 Å². The highest BCUT2D eigenvalue weighted by Crippen LogP contribution is 2.37. The molecule has 0 saturated heterocycles. The Bertz CT molecular complexity index is 1190. The van der Waals surface area contributed by atoms with Crippen molar-refractivity contribution in [2.45, 2.75) is 31.6 Å². The molecule has 0 fully saturated rings. The quantitative estimate of drug-likeness (QED) is 0.402. The van der Waals surface area contributed by atoms with E-state index in [1.807, 2.05) is 6.07 Å². The summed E-state index contributed by atoms with van der Waals surface area (Å²) in [6.07, 6.45) is 3.28. The summed E-state index contributed by atoms with van der Waals surface area (Å²) >= 11 is 0. The van der Waals surface area contributed by atoms with Crippen molar-refractivity contribution >= 4 is 22.1 Å². The summed E-state index contributed by atoms with van der Waals surface area (Å²) in [5.74, 6) is 1.30. The van der Waals surface area contributed by atoms with Gasteiger partial charge in [-0.1, -0.05) is 13.8 Å². The zero-order chi connectivity index (χ0) is 24.9. The smallest absolute Gasteiger partial charge is 0.288 e. The molecule has 184 valence electrons. The Morgan fingerprint density at radius 3 is 2.50 bits per heavy atom. The van der Waals surface area contributed by atoms with Crippen molar-refractivity contribution in [3.8, 4) is 17.2 Å². The molecule has 34 heavy (non-hydrogen) atoms. The summed E-state index contributed by atoms with van der Waals surface area (Å²) in [6, 6.07) is 8.41. The van der Waals surface area contributed by atoms with Gasteiger partial charge in [-0.2, -0.15) is 13.5 Å². The molecule has 1 N–H and O–H groups in total. The standard InChI is InChI=1S/C24H31N3O6S/c1-16(2)6-7-17-12-19-23(22(13-17)33-5)34(29,30)26-24(19)27(10-11-31-3)25-15-18-8-9-20(28)21(14-18)32-4/h8-9,12-16,28H,6-7,10-11H2,1-5H3/b25-15+. The molecule has 0 amide bonds. The van der Waals surface area contributed by atoms with E-state index < -0.39 is 10.0 Å². The van der Waals surface area contributed by atoms with Gasteiger partial charge in [0.15, 0.2) is 17.3 Å². The third-order valence-corrected chi connectivity index (χ3v) is 6.70. The second kappa shape index (κ2) is 10.9. The van der Waals surface area contributed by atoms with Crippen molar-refractivity contribution in [1.82, 2.24) is 5.01 Å². The predicted molar refractivity (Wildman–Crippen MR) is 131 cm³/mol. The number of phenolic OH excluding ortho intramolecular Hbond substituents is 1. The number of aromatic hydroxyl groups is 1. The van der Waals surface area contributed by atoms with Crippen molar-refractivity contribution in [1.29, 1.82) is 0 Å². The Labute approximate surface area is 200 Å². The van der Waals surface area contributed by atoms with E-state index in [0.29, 0.717) is 29.4 Å². The second-order valence-corrected chi connectivity index (χ2v) is 9.83. The van der Waals surface area contributed by atoms with Gasteiger partial charge in [-0.3, -0.25) is 0 Å². The van der Waals surface area contributed by atoms with Gasteiger partial charge in [0.2, 0.25) is 0 Å². The molecule has 0 atom stereocenters. The van der Waals surface area contributed by atoms with E-state index in [2.05, 4.69) is 23.3 Å². The van der Waals surface area contributed by atoms with Crippen LogP contribution >= 0.6 is 0 Å². The SMILES string of the molecule is COCCN(/N=C/c1ccc(O)c(OC)c1)C1=NS(=O)(=O)c2c(OC)cc(CCC(C)C)cc21. The van der Waals surface area contributed by atoms with Gasteiger partial charge in [-0.15, -0.1) is 4.40 Å². The fraction of sp³-hybridized carbons (Fsp3) is 0.417. The second-order valence-electron chi connectivity index (χ2n) is 8.29. The molecule has 0 spiro atoms. The lowest BCUT2D eigenvalue weighted by molar-refractivity contribution is 0.178. The summed E-state index contributed by atoms with van der Waals surface area (Å²) in [5, 5.41) is 15.8. The summed E-state index contributed by atoms with van der Waals surface area (Å²) < 4.78 is 45.8. The highest BCUT2D eigenvalue weighted by Gasteiger charge is 2.36. The van der Waals surface area contributed by atoms with Crippen LogP contribution in [0.25, 0.3) is 0 Å². The molecule has 0 aliphatic carbocycles. The van der Waals surface area contributed by atoms with Crippen LogP contribution in [0.2, 0.25) is 0 Å². The molecule has 0 unspecified atom stereocenters. The van der Waals surface area contributed by atoms with Crippen LogP contribution in [0.1, 0.15) is 37.0 Å². The number of ether oxygens (including phenoxy) is 3. The monoisotopic (exact) mass is 489 g/mol. The highest BCUT2D eigenvalue weighted by molar-refractivity contribution is 7.90. The van der Waals surface area contributed by atoms with Crippen molar-refractivity contribution < 1.29 is 27.7 Å². The number of aryl methyl sites for hydroxylation is 1. The fourth-order valence-corrected chi connectivity index (χ4v) is 4.88. The van der Waals surface area contributed by atoms with E-state index in [1.54, 1.807) is 31.5 Å². The van der Waals surface area contributed by atoms with Crippen LogP contribution in [0, 0.1) is 5.92 Å². The lowest BCUT2D eigenvalue weighted by atomic mass is 10.00. The maximum atomic E-state index is 13.0. The molecule has 0 bridgehead atoms. The van der Waals surface area contributed by atoms with Crippen LogP contribution in [0.3, 0.4) is 0 Å². The maximum absolute atomic E-state index is 13.0. The topological polar surface area (TPSA) is 110 Å². The van der Waals surface area contributed by atoms with Gasteiger partial charge in [0.1, 0.15) is 10.6 Å². The van der Waals surface area contributed by atoms with Crippen LogP contribution in [0.15, 0.2) is 44.7 Å². The van der Waals surface area contributed by atoms with Crippen molar-refractivity contribution in [2.24, 2.45) is 15.4 Å². The van der Waals surface area contributed by atoms with Crippen LogP contribution in [-0.4, -0.2) is 65.1 Å². The van der Waals surface area contributed by atoms with Crippen LogP contribution in [0.5, 0.6) is 17.2 Å². The molecule has 2 aromatic carbocycles. The zero-order valence-electron chi connectivity index (χ0n) is 20.1. The van der Waals surface area contributed by atoms with Gasteiger partial charge < -0.3 is 19.3 Å². The number of hydrogen-bond acceptors (Lipinski definition) is 8. The Hall–Kier alpha value is -3.11. The number of phenols is 1. The van der Waals surface area contributed by atoms with Crippen LogP contribution in [-0.2, 0) is 21.2 Å². The minimum atomic E-state index is -3.96. The summed E-state index contributed by atoms with van der Waals surface area (Å²) in [6.45, 7) is 4.85. The molecule has 1 aliphatic heterocycles. The van der Waals surface area contributed by atoms with E-state index >= 15 is 0 Å². The normalized spacial score (nSPS) is 14.4. The largest absolute Gasteiger partial charge is 0.504 e. The third kappa shape index (κ3) is 5.68. The Kier molecular flexibility index (Phi) is 8.16. The Morgan fingerprint density at radius 1 is 1.12 bits per heavy atom. The van der Waals surface area contributed by atoms with Gasteiger partial charge in [0, 0.05) is 12.7 Å². The lowest BCUT2D eigenvalue weighted by Gasteiger charge is -2.19. The number of fused-ring (bicyclic) bond motifs is 1. The molecular weight excluding hydrogens is 458 g/mol. The zero-order valence-corrected chi connectivity index (χ0v) is 20.9. The molecule has 3 rings (SSSR count). The van der Waals surface area contributed by atoms with Gasteiger partial charge in [-0.25, -0.2) is 5.01 Å². The number of nitrogens with zero attached hydrogens (tertiary/aromatic N) is 3. The molecule has 1 heterocycles. The van der Waals surface area contributed by atoms with Crippen LogP contribution < -0.4 is 9.47 Å². The number of amidine groups is 1. The van der Waals surface area contributed by atoms with E-state index in [0.717, 1.165) is 18.4 Å². The first-order chi connectivity index (χ1) is 16.2. The molecule has 10 heteroatoms. The number of sulfonamides is 1. The number of hydrazone groups is 1. The number of benzene rings is 2. The van der Waals surface area contributed by atoms with Crippen molar-refractivity contribution in [2.75, 3.05) is 34.5 Å². The average molecular weight is 490 g/mol. The number of rotatable bonds is 10. The third-order valence-electron chi connectivity index (χ3n) is 5.35. The molecule has 0 radical (unpaired) electrons. The molecule has 2 aromatic rings. The first-order valence-electron chi connectivity index (χ1n) is 10.9. The van der Waals surface area contributed by atoms with Crippen molar-refractivity contribution in [3.63, 3.8) is 0 Å². The summed E-state index contributed by atoms with van der Waals surface area (Å²) in [7, 11) is 0.506. The lowest BCUT2D eigenvalue weighted by Crippen LogP contribution is -2.29. The predicted octanol–water partition coefficient (Wildman–Crippen LogP) is 3.43. The fourth-order valence-electron chi connectivity index (χ4n) is 3.54. The highest BCUT2D eigenvalue weighted by atomic mass is 32.2. The number of hydrogen-bond donors (Lipinski definition) is 1. The van der Waals surface area contributed by atoms with Gasteiger partial charge in [0.25, 0.3) is 10.0 Å². The molecule has 0 saturated carbocycles. The average Bonchev–Trinajstić information content (AvgIpc) is 3.08. The molecule has 0 aromatic heterocycles. The molecule has 9 nitrogen and oxygen atoms in total. The minimum absolute atomic E-state index is 0.0112. The first kappa shape index (κ1) is 25.5. The van der Waals surface area contributed by atoms with E-state index in [4.69, 9.17) is 14.2 Å². The van der Waals surface area contributed by atoms with E-state index in [1.165, 1.54) is 25.3 Å². The van der Waals surface area contributed by atoms with Crippen molar-refractivity contribution in [3.05, 3.63) is 47.0 Å². The maximum Gasteiger partial charge on any atom is 0.288 e. The Morgan fingerprint density at radius 2 is 1.85 bits per heavy atom. The van der Waals surface area contributed by atoms with Gasteiger partial charge >= 0.3 is 0 Å². The summed E-state index contributed by atoms with van der Waals surface area (Å²) in [5.41, 5.74) is 2.07. The molecular formula is C24H31N3O6S. The molecule has 1 aliphatic rings. The van der Waals surface area contributed by atoms with E-state index in [9.17, 15) is 13.5 Å². The Balaban J connectivity index is 2.05. The van der Waals surface area contributed by atoms with Gasteiger partial charge in [-0.05, 0) is 60.2 Å².